The summed E-state index contributed by atoms with van der Waals surface area (Å²) in [5.41, 5.74) is 4.58. The summed E-state index contributed by atoms with van der Waals surface area (Å²) in [6.07, 6.45) is 3.28. The van der Waals surface area contributed by atoms with Crippen LogP contribution in [0.15, 0.2) is 42.7 Å². The molecule has 2 aromatic heterocycles. The number of fused-ring (bicyclic) bond motifs is 4. The topological polar surface area (TPSA) is 83.9 Å². The van der Waals surface area contributed by atoms with E-state index in [0.717, 1.165) is 17.6 Å². The van der Waals surface area contributed by atoms with Crippen molar-refractivity contribution in [3.8, 4) is 0 Å². The van der Waals surface area contributed by atoms with E-state index in [0.29, 0.717) is 34.2 Å². The predicted molar refractivity (Wildman–Crippen MR) is 101 cm³/mol. The summed E-state index contributed by atoms with van der Waals surface area (Å²) < 4.78 is 0. The molecule has 0 saturated heterocycles. The van der Waals surface area contributed by atoms with Crippen molar-refractivity contribution >= 4 is 39.0 Å². The molecule has 0 aliphatic heterocycles. The Morgan fingerprint density at radius 1 is 0.923 bits per heavy atom. The van der Waals surface area contributed by atoms with Crippen LogP contribution in [0.3, 0.4) is 0 Å². The van der Waals surface area contributed by atoms with Gasteiger partial charge in [-0.3, -0.25) is 14.8 Å². The third kappa shape index (κ3) is 2.93. The number of aromatic nitrogens is 4. The minimum Gasteiger partial charge on any atom is -0.351 e. The van der Waals surface area contributed by atoms with Crippen molar-refractivity contribution in [2.24, 2.45) is 0 Å². The third-order valence-electron chi connectivity index (χ3n) is 4.16. The van der Waals surface area contributed by atoms with E-state index in [9.17, 15) is 4.79 Å². The number of benzene rings is 2. The van der Waals surface area contributed by atoms with E-state index in [4.69, 9.17) is 4.98 Å². The molecule has 26 heavy (non-hydrogen) atoms. The molecule has 0 unspecified atom stereocenters. The van der Waals surface area contributed by atoms with Crippen LogP contribution in [0.2, 0.25) is 0 Å². The number of amides is 1. The van der Waals surface area contributed by atoms with Gasteiger partial charge >= 0.3 is 0 Å². The largest absolute Gasteiger partial charge is 0.351 e. The van der Waals surface area contributed by atoms with Crippen molar-refractivity contribution in [1.29, 1.82) is 0 Å². The van der Waals surface area contributed by atoms with Crippen LogP contribution in [-0.4, -0.2) is 57.9 Å². The summed E-state index contributed by atoms with van der Waals surface area (Å²) >= 11 is 0. The molecule has 1 N–H and O–H groups in total. The molecule has 4 rings (SSSR count). The molecular weight excluding hydrogens is 328 g/mol. The lowest BCUT2D eigenvalue weighted by Gasteiger charge is -2.11. The Labute approximate surface area is 150 Å². The number of carbonyl (C=O) groups excluding carboxylic acids is 1. The molecule has 0 aliphatic carbocycles. The molecule has 0 spiro atoms. The first kappa shape index (κ1) is 16.3. The molecule has 0 fully saturated rings. The highest BCUT2D eigenvalue weighted by Crippen LogP contribution is 2.23. The van der Waals surface area contributed by atoms with E-state index in [1.807, 2.05) is 43.3 Å². The quantitative estimate of drug-likeness (QED) is 0.450. The van der Waals surface area contributed by atoms with Crippen molar-refractivity contribution in [2.75, 3.05) is 27.2 Å². The fraction of sp³-hybridized carbons (Fsp3) is 0.211. The van der Waals surface area contributed by atoms with E-state index in [-0.39, 0.29) is 5.91 Å². The molecule has 7 nitrogen and oxygen atoms in total. The first-order valence-electron chi connectivity index (χ1n) is 8.36. The van der Waals surface area contributed by atoms with E-state index in [1.165, 1.54) is 0 Å². The maximum Gasteiger partial charge on any atom is 0.253 e. The standard InChI is InChI=1S/C19H18N6O/c1-25(2)11-10-22-19(26)12-4-3-5-14-16(12)24-18-15(23-14)7-6-13-17(18)21-9-8-20-13/h3-9H,10-11H2,1-2H3,(H,22,26). The number of para-hydroxylation sites is 1. The van der Waals surface area contributed by atoms with Gasteiger partial charge in [-0.2, -0.15) is 0 Å². The average Bonchev–Trinajstić information content (AvgIpc) is 2.65. The molecule has 2 aromatic carbocycles. The Balaban J connectivity index is 1.85. The normalized spacial score (nSPS) is 11.5. The van der Waals surface area contributed by atoms with Crippen LogP contribution in [0.1, 0.15) is 10.4 Å². The van der Waals surface area contributed by atoms with Gasteiger partial charge in [-0.15, -0.1) is 0 Å². The van der Waals surface area contributed by atoms with E-state index in [2.05, 4.69) is 20.3 Å². The monoisotopic (exact) mass is 346 g/mol. The highest BCUT2D eigenvalue weighted by molar-refractivity contribution is 6.08. The first-order chi connectivity index (χ1) is 12.6. The molecule has 0 saturated carbocycles. The first-order valence-corrected chi connectivity index (χ1v) is 8.36. The minimum absolute atomic E-state index is 0.155. The molecule has 7 heteroatoms. The fourth-order valence-electron chi connectivity index (χ4n) is 2.86. The molecule has 0 aliphatic rings. The van der Waals surface area contributed by atoms with Gasteiger partial charge in [0.25, 0.3) is 5.91 Å². The van der Waals surface area contributed by atoms with Crippen LogP contribution in [-0.2, 0) is 0 Å². The maximum atomic E-state index is 12.6. The Bertz CT molecular complexity index is 1120. The van der Waals surface area contributed by atoms with Crippen molar-refractivity contribution in [1.82, 2.24) is 30.2 Å². The molecule has 4 aromatic rings. The Hall–Kier alpha value is -3.19. The van der Waals surface area contributed by atoms with Gasteiger partial charge in [-0.1, -0.05) is 6.07 Å². The molecule has 0 radical (unpaired) electrons. The van der Waals surface area contributed by atoms with Gasteiger partial charge in [0.1, 0.15) is 16.6 Å². The van der Waals surface area contributed by atoms with Gasteiger partial charge in [0, 0.05) is 25.5 Å². The zero-order chi connectivity index (χ0) is 18.1. The number of hydrogen-bond acceptors (Lipinski definition) is 6. The van der Waals surface area contributed by atoms with Crippen LogP contribution < -0.4 is 5.32 Å². The van der Waals surface area contributed by atoms with Gasteiger partial charge in [0.15, 0.2) is 0 Å². The van der Waals surface area contributed by atoms with Gasteiger partial charge < -0.3 is 10.2 Å². The van der Waals surface area contributed by atoms with Crippen molar-refractivity contribution in [3.63, 3.8) is 0 Å². The van der Waals surface area contributed by atoms with Crippen LogP contribution in [0.5, 0.6) is 0 Å². The summed E-state index contributed by atoms with van der Waals surface area (Å²) in [4.78, 5) is 32.7. The summed E-state index contributed by atoms with van der Waals surface area (Å²) in [6, 6.07) is 9.21. The summed E-state index contributed by atoms with van der Waals surface area (Å²) in [5, 5.41) is 2.93. The molecule has 130 valence electrons. The number of likely N-dealkylation sites (N-methyl/N-ethyl adjacent to an activating group) is 1. The van der Waals surface area contributed by atoms with Gasteiger partial charge in [-0.25, -0.2) is 9.97 Å². The van der Waals surface area contributed by atoms with Crippen molar-refractivity contribution in [3.05, 3.63) is 48.3 Å². The summed E-state index contributed by atoms with van der Waals surface area (Å²) in [5.74, 6) is -0.155. The van der Waals surface area contributed by atoms with Crippen molar-refractivity contribution < 1.29 is 4.79 Å². The lowest BCUT2D eigenvalue weighted by atomic mass is 10.1. The van der Waals surface area contributed by atoms with Crippen LogP contribution >= 0.6 is 0 Å². The second kappa shape index (κ2) is 6.61. The number of hydrogen-bond donors (Lipinski definition) is 1. The SMILES string of the molecule is CN(C)CCNC(=O)c1cccc2nc3ccc4nccnc4c3nc12. The average molecular weight is 346 g/mol. The second-order valence-electron chi connectivity index (χ2n) is 6.31. The van der Waals surface area contributed by atoms with Gasteiger partial charge in [0.05, 0.1) is 22.1 Å². The number of carbonyl (C=O) groups is 1. The van der Waals surface area contributed by atoms with Crippen molar-refractivity contribution in [2.45, 2.75) is 0 Å². The Kier molecular flexibility index (Phi) is 4.14. The highest BCUT2D eigenvalue weighted by Gasteiger charge is 2.14. The number of nitrogens with one attached hydrogen (secondary N) is 1. The minimum atomic E-state index is -0.155. The highest BCUT2D eigenvalue weighted by atomic mass is 16.1. The van der Waals surface area contributed by atoms with Crippen LogP contribution in [0.25, 0.3) is 33.1 Å². The van der Waals surface area contributed by atoms with E-state index < -0.39 is 0 Å². The third-order valence-corrected chi connectivity index (χ3v) is 4.16. The number of nitrogens with zero attached hydrogens (tertiary/aromatic N) is 5. The summed E-state index contributed by atoms with van der Waals surface area (Å²) in [6.45, 7) is 1.34. The fourth-order valence-corrected chi connectivity index (χ4v) is 2.86. The predicted octanol–water partition coefficient (Wildman–Crippen LogP) is 2.02. The molecule has 0 bridgehead atoms. The Morgan fingerprint density at radius 2 is 1.69 bits per heavy atom. The summed E-state index contributed by atoms with van der Waals surface area (Å²) in [7, 11) is 3.93. The lowest BCUT2D eigenvalue weighted by molar-refractivity contribution is 0.0952. The molecular formula is C19H18N6O. The number of rotatable bonds is 4. The smallest absolute Gasteiger partial charge is 0.253 e. The maximum absolute atomic E-state index is 12.6. The molecule has 0 atom stereocenters. The second-order valence-corrected chi connectivity index (χ2v) is 6.31. The zero-order valence-electron chi connectivity index (χ0n) is 14.6. The van der Waals surface area contributed by atoms with Gasteiger partial charge in [-0.05, 0) is 38.4 Å². The van der Waals surface area contributed by atoms with Crippen LogP contribution in [0.4, 0.5) is 0 Å². The zero-order valence-corrected chi connectivity index (χ0v) is 14.6. The van der Waals surface area contributed by atoms with Gasteiger partial charge in [0.2, 0.25) is 0 Å². The van der Waals surface area contributed by atoms with E-state index in [1.54, 1.807) is 18.5 Å². The van der Waals surface area contributed by atoms with E-state index >= 15 is 0 Å². The molecule has 2 heterocycles. The Morgan fingerprint density at radius 3 is 2.54 bits per heavy atom. The lowest BCUT2D eigenvalue weighted by Crippen LogP contribution is -2.31. The molecule has 1 amide bonds. The van der Waals surface area contributed by atoms with Crippen LogP contribution in [0, 0.1) is 0 Å².